The Kier molecular flexibility index (Phi) is 6.18. The Labute approximate surface area is 172 Å². The minimum atomic E-state index is -0.579. The molecule has 0 N–H and O–H groups in total. The quantitative estimate of drug-likeness (QED) is 0.514. The van der Waals surface area contributed by atoms with Crippen molar-refractivity contribution in [2.24, 2.45) is 0 Å². The van der Waals surface area contributed by atoms with Gasteiger partial charge in [-0.3, -0.25) is 14.9 Å². The van der Waals surface area contributed by atoms with Gasteiger partial charge in [0.25, 0.3) is 11.6 Å². The number of nitro groups is 1. The second kappa shape index (κ2) is 8.60. The van der Waals surface area contributed by atoms with Gasteiger partial charge in [0.2, 0.25) is 0 Å². The van der Waals surface area contributed by atoms with E-state index in [9.17, 15) is 14.9 Å². The zero-order valence-electron chi connectivity index (χ0n) is 15.8. The van der Waals surface area contributed by atoms with Crippen LogP contribution < -0.4 is 9.64 Å². The van der Waals surface area contributed by atoms with Crippen molar-refractivity contribution in [2.75, 3.05) is 31.1 Å². The number of ether oxygens (including phenoxy) is 1. The highest BCUT2D eigenvalue weighted by Crippen LogP contribution is 2.27. The second-order valence-electron chi connectivity index (χ2n) is 6.78. The molecule has 0 saturated carbocycles. The van der Waals surface area contributed by atoms with Crippen LogP contribution in [0.3, 0.4) is 0 Å². The Morgan fingerprint density at radius 2 is 1.79 bits per heavy atom. The Morgan fingerprint density at radius 1 is 1.14 bits per heavy atom. The maximum Gasteiger partial charge on any atom is 0.269 e. The average Bonchev–Trinajstić information content (AvgIpc) is 2.69. The lowest BCUT2D eigenvalue weighted by Gasteiger charge is -2.37. The number of benzene rings is 2. The Morgan fingerprint density at radius 3 is 2.36 bits per heavy atom. The lowest BCUT2D eigenvalue weighted by atomic mass is 10.2. The minimum absolute atomic E-state index is 0.0455. The van der Waals surface area contributed by atoms with Gasteiger partial charge in [0.1, 0.15) is 5.75 Å². The van der Waals surface area contributed by atoms with E-state index < -0.39 is 11.0 Å². The van der Waals surface area contributed by atoms with Crippen molar-refractivity contribution < 1.29 is 14.5 Å². The van der Waals surface area contributed by atoms with Crippen LogP contribution in [0.15, 0.2) is 46.9 Å². The summed E-state index contributed by atoms with van der Waals surface area (Å²) in [5, 5.41) is 10.8. The van der Waals surface area contributed by atoms with Crippen LogP contribution in [0.25, 0.3) is 0 Å². The third-order valence-corrected chi connectivity index (χ3v) is 5.38. The van der Waals surface area contributed by atoms with E-state index in [2.05, 4.69) is 20.8 Å². The van der Waals surface area contributed by atoms with Crippen molar-refractivity contribution in [2.45, 2.75) is 20.0 Å². The Bertz CT molecular complexity index is 864. The van der Waals surface area contributed by atoms with Crippen LogP contribution in [0, 0.1) is 17.0 Å². The van der Waals surface area contributed by atoms with Crippen LogP contribution >= 0.6 is 15.9 Å². The molecular weight excluding hydrogens is 426 g/mol. The fourth-order valence-electron chi connectivity index (χ4n) is 3.17. The molecule has 1 atom stereocenters. The summed E-state index contributed by atoms with van der Waals surface area (Å²) in [5.74, 6) is 0.604. The summed E-state index contributed by atoms with van der Waals surface area (Å²) in [5.41, 5.74) is 2.11. The molecule has 1 amide bonds. The smallest absolute Gasteiger partial charge is 0.269 e. The Balaban J connectivity index is 1.56. The number of anilines is 1. The molecule has 0 aliphatic carbocycles. The molecule has 7 nitrogen and oxygen atoms in total. The topological polar surface area (TPSA) is 75.9 Å². The molecule has 1 aliphatic heterocycles. The van der Waals surface area contributed by atoms with Gasteiger partial charge < -0.3 is 14.5 Å². The standard InChI is InChI=1S/C20H22BrN3O4/c1-14-3-8-19(18(21)13-14)28-15(2)20(25)23-11-9-22(10-12-23)16-4-6-17(7-5-16)24(26)27/h3-8,13,15H,9-12H2,1-2H3. The highest BCUT2D eigenvalue weighted by atomic mass is 79.9. The number of piperazine rings is 1. The van der Waals surface area contributed by atoms with Gasteiger partial charge >= 0.3 is 0 Å². The molecule has 8 heteroatoms. The number of carbonyl (C=O) groups excluding carboxylic acids is 1. The molecule has 0 aromatic heterocycles. The van der Waals surface area contributed by atoms with E-state index in [1.807, 2.05) is 25.1 Å². The van der Waals surface area contributed by atoms with Crippen LogP contribution in [0.2, 0.25) is 0 Å². The van der Waals surface area contributed by atoms with Crippen molar-refractivity contribution in [3.05, 3.63) is 62.6 Å². The van der Waals surface area contributed by atoms with E-state index in [1.165, 1.54) is 12.1 Å². The molecule has 1 aliphatic rings. The first-order valence-electron chi connectivity index (χ1n) is 9.06. The second-order valence-corrected chi connectivity index (χ2v) is 7.63. The molecule has 3 rings (SSSR count). The number of nitrogens with zero attached hydrogens (tertiary/aromatic N) is 3. The summed E-state index contributed by atoms with van der Waals surface area (Å²) < 4.78 is 6.68. The SMILES string of the molecule is Cc1ccc(OC(C)C(=O)N2CCN(c3ccc([N+](=O)[O-])cc3)CC2)c(Br)c1. The molecule has 2 aromatic rings. The van der Waals surface area contributed by atoms with E-state index in [-0.39, 0.29) is 11.6 Å². The van der Waals surface area contributed by atoms with Crippen molar-refractivity contribution >= 4 is 33.2 Å². The highest BCUT2D eigenvalue weighted by Gasteiger charge is 2.26. The molecule has 28 heavy (non-hydrogen) atoms. The van der Waals surface area contributed by atoms with Crippen LogP contribution in [0.4, 0.5) is 11.4 Å². The van der Waals surface area contributed by atoms with Gasteiger partial charge in [0.05, 0.1) is 9.40 Å². The van der Waals surface area contributed by atoms with Crippen molar-refractivity contribution in [3.8, 4) is 5.75 Å². The fraction of sp³-hybridized carbons (Fsp3) is 0.350. The summed E-state index contributed by atoms with van der Waals surface area (Å²) in [6.07, 6.45) is -0.579. The van der Waals surface area contributed by atoms with Crippen molar-refractivity contribution in [3.63, 3.8) is 0 Å². The fourth-order valence-corrected chi connectivity index (χ4v) is 3.76. The van der Waals surface area contributed by atoms with Crippen LogP contribution in [0.5, 0.6) is 5.75 Å². The minimum Gasteiger partial charge on any atom is -0.480 e. The number of carbonyl (C=O) groups is 1. The van der Waals surface area contributed by atoms with E-state index in [4.69, 9.17) is 4.74 Å². The first kappa shape index (κ1) is 20.1. The molecule has 2 aromatic carbocycles. The van der Waals surface area contributed by atoms with E-state index >= 15 is 0 Å². The number of amides is 1. The number of rotatable bonds is 5. The van der Waals surface area contributed by atoms with E-state index in [0.717, 1.165) is 15.7 Å². The van der Waals surface area contributed by atoms with Gasteiger partial charge in [-0.2, -0.15) is 0 Å². The average molecular weight is 448 g/mol. The van der Waals surface area contributed by atoms with Gasteiger partial charge in [0.15, 0.2) is 6.10 Å². The molecule has 1 fully saturated rings. The van der Waals surface area contributed by atoms with Crippen LogP contribution in [-0.2, 0) is 4.79 Å². The lowest BCUT2D eigenvalue weighted by Crippen LogP contribution is -2.52. The van der Waals surface area contributed by atoms with Crippen LogP contribution in [0.1, 0.15) is 12.5 Å². The summed E-state index contributed by atoms with van der Waals surface area (Å²) in [6.45, 7) is 6.26. The number of nitro benzene ring substituents is 1. The number of non-ortho nitro benzene ring substituents is 1. The van der Waals surface area contributed by atoms with Crippen LogP contribution in [-0.4, -0.2) is 48.0 Å². The molecule has 1 saturated heterocycles. The van der Waals surface area contributed by atoms with E-state index in [0.29, 0.717) is 31.9 Å². The molecule has 1 unspecified atom stereocenters. The highest BCUT2D eigenvalue weighted by molar-refractivity contribution is 9.10. The molecule has 148 valence electrons. The normalized spacial score (nSPS) is 15.2. The molecule has 0 bridgehead atoms. The summed E-state index contributed by atoms with van der Waals surface area (Å²) >= 11 is 3.47. The zero-order valence-corrected chi connectivity index (χ0v) is 17.4. The first-order chi connectivity index (χ1) is 13.3. The molecular formula is C20H22BrN3O4. The third-order valence-electron chi connectivity index (χ3n) is 4.76. The predicted molar refractivity (Wildman–Crippen MR) is 111 cm³/mol. The van der Waals surface area contributed by atoms with Crippen molar-refractivity contribution in [1.82, 2.24) is 4.90 Å². The summed E-state index contributed by atoms with van der Waals surface area (Å²) in [6, 6.07) is 12.3. The number of hydrogen-bond acceptors (Lipinski definition) is 5. The number of hydrogen-bond donors (Lipinski definition) is 0. The van der Waals surface area contributed by atoms with Gasteiger partial charge in [0, 0.05) is 44.0 Å². The molecule has 1 heterocycles. The van der Waals surface area contributed by atoms with Gasteiger partial charge in [-0.1, -0.05) is 6.07 Å². The monoisotopic (exact) mass is 447 g/mol. The Hall–Kier alpha value is -2.61. The molecule has 0 radical (unpaired) electrons. The first-order valence-corrected chi connectivity index (χ1v) is 9.85. The molecule has 0 spiro atoms. The number of halogens is 1. The maximum atomic E-state index is 12.7. The van der Waals surface area contributed by atoms with Gasteiger partial charge in [-0.05, 0) is 59.6 Å². The lowest BCUT2D eigenvalue weighted by molar-refractivity contribution is -0.384. The van der Waals surface area contributed by atoms with Gasteiger partial charge in [-0.25, -0.2) is 0 Å². The summed E-state index contributed by atoms with van der Waals surface area (Å²) in [7, 11) is 0. The zero-order chi connectivity index (χ0) is 20.3. The number of aryl methyl sites for hydroxylation is 1. The van der Waals surface area contributed by atoms with Crippen molar-refractivity contribution in [1.29, 1.82) is 0 Å². The van der Waals surface area contributed by atoms with E-state index in [1.54, 1.807) is 24.0 Å². The maximum absolute atomic E-state index is 12.7. The van der Waals surface area contributed by atoms with Gasteiger partial charge in [-0.15, -0.1) is 0 Å². The predicted octanol–water partition coefficient (Wildman–Crippen LogP) is 3.78. The third kappa shape index (κ3) is 4.62. The summed E-state index contributed by atoms with van der Waals surface area (Å²) in [4.78, 5) is 27.0. The largest absolute Gasteiger partial charge is 0.480 e.